The van der Waals surface area contributed by atoms with Gasteiger partial charge in [0.25, 0.3) is 0 Å². The lowest BCUT2D eigenvalue weighted by molar-refractivity contribution is 0.354. The van der Waals surface area contributed by atoms with Crippen LogP contribution < -0.4 is 14.2 Å². The molecule has 0 aliphatic heterocycles. The Morgan fingerprint density at radius 2 is 1.67 bits per heavy atom. The summed E-state index contributed by atoms with van der Waals surface area (Å²) in [4.78, 5) is 0.160. The number of sulfonamides is 1. The molecule has 0 aliphatic rings. The molecule has 0 amide bonds. The molecule has 0 heterocycles. The molecule has 0 spiro atoms. The Balaban J connectivity index is 2.01. The average molecular weight is 349 g/mol. The van der Waals surface area contributed by atoms with Crippen molar-refractivity contribution in [2.75, 3.05) is 20.8 Å². The number of benzene rings is 2. The van der Waals surface area contributed by atoms with Gasteiger partial charge >= 0.3 is 0 Å². The third-order valence-corrected chi connectivity index (χ3v) is 5.36. The van der Waals surface area contributed by atoms with Crippen LogP contribution in [-0.4, -0.2) is 29.2 Å². The lowest BCUT2D eigenvalue weighted by atomic mass is 9.98. The molecule has 0 fully saturated rings. The Morgan fingerprint density at radius 3 is 2.29 bits per heavy atom. The van der Waals surface area contributed by atoms with Gasteiger partial charge in [0.1, 0.15) is 0 Å². The fourth-order valence-electron chi connectivity index (χ4n) is 2.43. The predicted molar refractivity (Wildman–Crippen MR) is 94.2 cm³/mol. The first-order valence-corrected chi connectivity index (χ1v) is 9.23. The van der Waals surface area contributed by atoms with E-state index in [1.165, 1.54) is 31.9 Å². The largest absolute Gasteiger partial charge is 0.493 e. The molecule has 6 heteroatoms. The summed E-state index contributed by atoms with van der Waals surface area (Å²) in [6, 6.07) is 14.6. The highest BCUT2D eigenvalue weighted by atomic mass is 32.2. The lowest BCUT2D eigenvalue weighted by Crippen LogP contribution is -2.25. The lowest BCUT2D eigenvalue weighted by Gasteiger charge is -2.13. The molecule has 5 nitrogen and oxygen atoms in total. The second-order valence-corrected chi connectivity index (χ2v) is 7.28. The fourth-order valence-corrected chi connectivity index (χ4v) is 3.49. The van der Waals surface area contributed by atoms with E-state index in [0.717, 1.165) is 6.42 Å². The molecule has 2 rings (SSSR count). The van der Waals surface area contributed by atoms with Crippen LogP contribution in [0.15, 0.2) is 53.4 Å². The number of nitrogens with one attached hydrogen (secondary N) is 1. The molecular formula is C18H23NO4S. The van der Waals surface area contributed by atoms with Crippen molar-refractivity contribution < 1.29 is 17.9 Å². The fraction of sp³-hybridized carbons (Fsp3) is 0.333. The van der Waals surface area contributed by atoms with Gasteiger partial charge in [-0.05, 0) is 30.0 Å². The summed E-state index contributed by atoms with van der Waals surface area (Å²) in [7, 11) is -0.597. The minimum absolute atomic E-state index is 0.160. The predicted octanol–water partition coefficient (Wildman–Crippen LogP) is 3.18. The highest BCUT2D eigenvalue weighted by molar-refractivity contribution is 7.89. The van der Waals surface area contributed by atoms with Crippen LogP contribution >= 0.6 is 0 Å². The molecule has 0 bridgehead atoms. The van der Waals surface area contributed by atoms with Crippen LogP contribution in [0.25, 0.3) is 0 Å². The zero-order valence-corrected chi connectivity index (χ0v) is 15.0. The maximum atomic E-state index is 12.4. The second-order valence-electron chi connectivity index (χ2n) is 5.51. The van der Waals surface area contributed by atoms with E-state index in [0.29, 0.717) is 18.0 Å². The Labute approximate surface area is 143 Å². The Bertz CT molecular complexity index is 760. The van der Waals surface area contributed by atoms with E-state index in [2.05, 4.69) is 11.6 Å². The van der Waals surface area contributed by atoms with Gasteiger partial charge in [-0.25, -0.2) is 13.1 Å². The summed E-state index contributed by atoms with van der Waals surface area (Å²) >= 11 is 0. The number of methoxy groups -OCH3 is 2. The standard InChI is InChI=1S/C18H23NO4S/c1-14(15-7-5-4-6-8-15)11-12-19-24(20,21)16-9-10-17(22-2)18(13-16)23-3/h4-10,13-14,19H,11-12H2,1-3H3. The maximum absolute atomic E-state index is 12.4. The van der Waals surface area contributed by atoms with Crippen molar-refractivity contribution in [3.05, 3.63) is 54.1 Å². The molecule has 1 unspecified atom stereocenters. The highest BCUT2D eigenvalue weighted by Gasteiger charge is 2.17. The zero-order chi connectivity index (χ0) is 17.6. The first-order chi connectivity index (χ1) is 11.5. The Hall–Kier alpha value is -2.05. The van der Waals surface area contributed by atoms with Gasteiger partial charge in [0, 0.05) is 12.6 Å². The molecule has 0 saturated heterocycles. The van der Waals surface area contributed by atoms with Crippen LogP contribution in [0.1, 0.15) is 24.8 Å². The summed E-state index contributed by atoms with van der Waals surface area (Å²) in [5, 5.41) is 0. The van der Waals surface area contributed by atoms with Gasteiger partial charge < -0.3 is 9.47 Å². The van der Waals surface area contributed by atoms with Crippen LogP contribution in [-0.2, 0) is 10.0 Å². The van der Waals surface area contributed by atoms with Crippen molar-refractivity contribution in [1.82, 2.24) is 4.72 Å². The quantitative estimate of drug-likeness (QED) is 0.795. The molecular weight excluding hydrogens is 326 g/mol. The van der Waals surface area contributed by atoms with Crippen LogP contribution in [0, 0.1) is 0 Å². The monoisotopic (exact) mass is 349 g/mol. The molecule has 24 heavy (non-hydrogen) atoms. The molecule has 2 aromatic rings. The Morgan fingerprint density at radius 1 is 1.00 bits per heavy atom. The van der Waals surface area contributed by atoms with Crippen molar-refractivity contribution in [2.24, 2.45) is 0 Å². The van der Waals surface area contributed by atoms with Gasteiger partial charge in [-0.3, -0.25) is 0 Å². The summed E-state index contributed by atoms with van der Waals surface area (Å²) in [5.41, 5.74) is 1.20. The minimum atomic E-state index is -3.58. The van der Waals surface area contributed by atoms with Crippen LogP contribution in [0.4, 0.5) is 0 Å². The van der Waals surface area contributed by atoms with Gasteiger partial charge in [0.2, 0.25) is 10.0 Å². The molecule has 0 radical (unpaired) electrons. The van der Waals surface area contributed by atoms with E-state index in [9.17, 15) is 8.42 Å². The normalized spacial score (nSPS) is 12.6. The molecule has 2 aromatic carbocycles. The van der Waals surface area contributed by atoms with Crippen molar-refractivity contribution >= 4 is 10.0 Å². The molecule has 0 saturated carbocycles. The summed E-state index contributed by atoms with van der Waals surface area (Å²) in [6.07, 6.45) is 0.719. The van der Waals surface area contributed by atoms with E-state index in [1.807, 2.05) is 30.3 Å². The number of ether oxygens (including phenoxy) is 2. The minimum Gasteiger partial charge on any atom is -0.493 e. The van der Waals surface area contributed by atoms with E-state index >= 15 is 0 Å². The van der Waals surface area contributed by atoms with E-state index in [1.54, 1.807) is 6.07 Å². The van der Waals surface area contributed by atoms with Gasteiger partial charge in [0.15, 0.2) is 11.5 Å². The Kier molecular flexibility index (Phi) is 6.23. The van der Waals surface area contributed by atoms with Gasteiger partial charge in [0.05, 0.1) is 19.1 Å². The van der Waals surface area contributed by atoms with Crippen LogP contribution in [0.5, 0.6) is 11.5 Å². The SMILES string of the molecule is COc1ccc(S(=O)(=O)NCCC(C)c2ccccc2)cc1OC. The topological polar surface area (TPSA) is 64.6 Å². The number of hydrogen-bond donors (Lipinski definition) is 1. The average Bonchev–Trinajstić information content (AvgIpc) is 2.61. The van der Waals surface area contributed by atoms with Crippen molar-refractivity contribution in [3.63, 3.8) is 0 Å². The smallest absolute Gasteiger partial charge is 0.240 e. The van der Waals surface area contributed by atoms with Crippen molar-refractivity contribution in [2.45, 2.75) is 24.2 Å². The second kappa shape index (κ2) is 8.17. The van der Waals surface area contributed by atoms with Crippen molar-refractivity contribution in [3.8, 4) is 11.5 Å². The van der Waals surface area contributed by atoms with E-state index in [4.69, 9.17) is 9.47 Å². The molecule has 1 atom stereocenters. The van der Waals surface area contributed by atoms with Gasteiger partial charge in [-0.2, -0.15) is 0 Å². The van der Waals surface area contributed by atoms with E-state index in [-0.39, 0.29) is 10.8 Å². The first-order valence-electron chi connectivity index (χ1n) is 7.74. The van der Waals surface area contributed by atoms with Crippen LogP contribution in [0.3, 0.4) is 0 Å². The molecule has 0 aromatic heterocycles. The number of rotatable bonds is 8. The van der Waals surface area contributed by atoms with Gasteiger partial charge in [-0.15, -0.1) is 0 Å². The number of hydrogen-bond acceptors (Lipinski definition) is 4. The van der Waals surface area contributed by atoms with Gasteiger partial charge in [-0.1, -0.05) is 37.3 Å². The highest BCUT2D eigenvalue weighted by Crippen LogP contribution is 2.29. The van der Waals surface area contributed by atoms with E-state index < -0.39 is 10.0 Å². The van der Waals surface area contributed by atoms with Crippen LogP contribution in [0.2, 0.25) is 0 Å². The summed E-state index contributed by atoms with van der Waals surface area (Å²) < 4.78 is 37.7. The molecule has 130 valence electrons. The molecule has 0 aliphatic carbocycles. The van der Waals surface area contributed by atoms with Crippen molar-refractivity contribution in [1.29, 1.82) is 0 Å². The summed E-state index contributed by atoms with van der Waals surface area (Å²) in [5.74, 6) is 1.16. The first kappa shape index (κ1) is 18.3. The third kappa shape index (κ3) is 4.49. The molecule has 1 N–H and O–H groups in total. The summed E-state index contributed by atoms with van der Waals surface area (Å²) in [6.45, 7) is 2.45. The maximum Gasteiger partial charge on any atom is 0.240 e. The third-order valence-electron chi connectivity index (χ3n) is 3.90. The zero-order valence-electron chi connectivity index (χ0n) is 14.2.